The second-order valence-corrected chi connectivity index (χ2v) is 6.91. The fourth-order valence-electron chi connectivity index (χ4n) is 3.29. The lowest BCUT2D eigenvalue weighted by atomic mass is 9.81. The summed E-state index contributed by atoms with van der Waals surface area (Å²) in [6, 6.07) is 3.78. The summed E-state index contributed by atoms with van der Waals surface area (Å²) < 4.78 is 10.9. The first-order chi connectivity index (χ1) is 10.6. The van der Waals surface area contributed by atoms with Crippen LogP contribution in [0.1, 0.15) is 50.7 Å². The van der Waals surface area contributed by atoms with E-state index in [1.165, 1.54) is 7.11 Å². The molecule has 23 heavy (non-hydrogen) atoms. The van der Waals surface area contributed by atoms with E-state index in [-0.39, 0.29) is 12.0 Å². The van der Waals surface area contributed by atoms with Crippen LogP contribution in [0.3, 0.4) is 0 Å². The number of hydrogen-bond acceptors (Lipinski definition) is 6. The predicted molar refractivity (Wildman–Crippen MR) is 89.0 cm³/mol. The highest BCUT2D eigenvalue weighted by Crippen LogP contribution is 2.41. The molecule has 130 valence electrons. The molecule has 0 radical (unpaired) electrons. The third-order valence-corrected chi connectivity index (χ3v) is 4.17. The van der Waals surface area contributed by atoms with Crippen LogP contribution in [0.15, 0.2) is 12.1 Å². The quantitative estimate of drug-likeness (QED) is 0.498. The molecule has 0 spiro atoms. The summed E-state index contributed by atoms with van der Waals surface area (Å²) in [6.45, 7) is 7.48. The van der Waals surface area contributed by atoms with Crippen molar-refractivity contribution in [1.29, 1.82) is 0 Å². The lowest BCUT2D eigenvalue weighted by molar-refractivity contribution is -0.266. The highest BCUT2D eigenvalue weighted by atomic mass is 16.6. The Labute approximate surface area is 137 Å². The maximum absolute atomic E-state index is 10.5. The Morgan fingerprint density at radius 1 is 1.30 bits per heavy atom. The van der Waals surface area contributed by atoms with Gasteiger partial charge in [-0.3, -0.25) is 0 Å². The Morgan fingerprint density at radius 2 is 1.96 bits per heavy atom. The van der Waals surface area contributed by atoms with Crippen LogP contribution in [-0.4, -0.2) is 35.1 Å². The van der Waals surface area contributed by atoms with Crippen LogP contribution >= 0.6 is 0 Å². The van der Waals surface area contributed by atoms with E-state index in [1.807, 2.05) is 32.9 Å². The molecule has 0 saturated carbocycles. The minimum absolute atomic E-state index is 0.0138. The van der Waals surface area contributed by atoms with Crippen LogP contribution in [0.4, 0.5) is 5.69 Å². The number of benzene rings is 1. The van der Waals surface area contributed by atoms with E-state index in [4.69, 9.17) is 15.2 Å². The third-order valence-electron chi connectivity index (χ3n) is 4.17. The molecule has 1 aliphatic heterocycles. The van der Waals surface area contributed by atoms with Crippen molar-refractivity contribution in [3.63, 3.8) is 0 Å². The van der Waals surface area contributed by atoms with Gasteiger partial charge in [-0.15, -0.1) is 0 Å². The Kier molecular flexibility index (Phi) is 4.92. The van der Waals surface area contributed by atoms with Gasteiger partial charge < -0.3 is 25.4 Å². The SMILES string of the molecule is COC1(O)CC(c2cc(OC(C)C)c(N)cc2C)CC(C)(O)N1. The zero-order valence-electron chi connectivity index (χ0n) is 14.5. The molecule has 5 N–H and O–H groups in total. The van der Waals surface area contributed by atoms with Gasteiger partial charge in [-0.2, -0.15) is 0 Å². The Bertz CT molecular complexity index is 574. The molecule has 0 bridgehead atoms. The van der Waals surface area contributed by atoms with Crippen molar-refractivity contribution in [2.75, 3.05) is 12.8 Å². The molecular weight excluding hydrogens is 296 g/mol. The van der Waals surface area contributed by atoms with Crippen LogP contribution in [0, 0.1) is 6.92 Å². The van der Waals surface area contributed by atoms with Crippen molar-refractivity contribution in [3.05, 3.63) is 23.3 Å². The highest BCUT2D eigenvalue weighted by Gasteiger charge is 2.45. The predicted octanol–water partition coefficient (Wildman–Crippen LogP) is 1.83. The summed E-state index contributed by atoms with van der Waals surface area (Å²) in [6.07, 6.45) is 0.788. The topological polar surface area (TPSA) is 97.0 Å². The number of nitrogen functional groups attached to an aromatic ring is 1. The van der Waals surface area contributed by atoms with Crippen LogP contribution in [0.2, 0.25) is 0 Å². The molecule has 0 amide bonds. The van der Waals surface area contributed by atoms with Gasteiger partial charge in [-0.1, -0.05) is 0 Å². The van der Waals surface area contributed by atoms with Crippen molar-refractivity contribution in [3.8, 4) is 5.75 Å². The second kappa shape index (κ2) is 6.28. The molecule has 1 heterocycles. The molecule has 1 saturated heterocycles. The van der Waals surface area contributed by atoms with E-state index in [0.717, 1.165) is 11.1 Å². The van der Waals surface area contributed by atoms with Crippen molar-refractivity contribution in [2.45, 2.75) is 64.2 Å². The highest BCUT2D eigenvalue weighted by molar-refractivity contribution is 5.57. The van der Waals surface area contributed by atoms with Gasteiger partial charge in [0.2, 0.25) is 5.91 Å². The van der Waals surface area contributed by atoms with E-state index in [9.17, 15) is 10.2 Å². The standard InChI is InChI=1S/C17H28N2O4/c1-10(2)23-15-7-13(11(3)6-14(15)18)12-8-16(4,20)19-17(21,9-12)22-5/h6-7,10,12,19-21H,8-9,18H2,1-5H3. The average molecular weight is 324 g/mol. The van der Waals surface area contributed by atoms with E-state index in [2.05, 4.69) is 5.32 Å². The molecule has 3 unspecified atom stereocenters. The number of methoxy groups -OCH3 is 1. The lowest BCUT2D eigenvalue weighted by Gasteiger charge is -2.44. The Hall–Kier alpha value is -1.34. The van der Waals surface area contributed by atoms with Crippen LogP contribution in [0.25, 0.3) is 0 Å². The first kappa shape index (κ1) is 18.0. The number of aliphatic hydroxyl groups is 2. The lowest BCUT2D eigenvalue weighted by Crippen LogP contribution is -2.62. The molecule has 2 rings (SSSR count). The number of rotatable bonds is 4. The summed E-state index contributed by atoms with van der Waals surface area (Å²) in [4.78, 5) is 0. The van der Waals surface area contributed by atoms with Crippen LogP contribution < -0.4 is 15.8 Å². The number of anilines is 1. The number of piperidine rings is 1. The van der Waals surface area contributed by atoms with Gasteiger partial charge in [0.05, 0.1) is 11.8 Å². The van der Waals surface area contributed by atoms with Crippen LogP contribution in [-0.2, 0) is 4.74 Å². The minimum atomic E-state index is -1.57. The Morgan fingerprint density at radius 3 is 2.52 bits per heavy atom. The number of hydrogen-bond donors (Lipinski definition) is 4. The van der Waals surface area contributed by atoms with Gasteiger partial charge >= 0.3 is 0 Å². The van der Waals surface area contributed by atoms with Gasteiger partial charge in [-0.25, -0.2) is 5.32 Å². The first-order valence-corrected chi connectivity index (χ1v) is 7.91. The number of nitrogens with one attached hydrogen (secondary N) is 1. The summed E-state index contributed by atoms with van der Waals surface area (Å²) >= 11 is 0. The van der Waals surface area contributed by atoms with E-state index < -0.39 is 11.6 Å². The van der Waals surface area contributed by atoms with Gasteiger partial charge in [-0.05, 0) is 63.3 Å². The molecule has 1 aromatic rings. The fraction of sp³-hybridized carbons (Fsp3) is 0.647. The molecule has 6 heteroatoms. The molecular formula is C17H28N2O4. The van der Waals surface area contributed by atoms with E-state index in [0.29, 0.717) is 24.3 Å². The maximum atomic E-state index is 10.5. The molecule has 6 nitrogen and oxygen atoms in total. The van der Waals surface area contributed by atoms with Crippen molar-refractivity contribution >= 4 is 5.69 Å². The van der Waals surface area contributed by atoms with E-state index >= 15 is 0 Å². The van der Waals surface area contributed by atoms with E-state index in [1.54, 1.807) is 6.92 Å². The average Bonchev–Trinajstić information content (AvgIpc) is 2.39. The molecule has 0 aromatic heterocycles. The van der Waals surface area contributed by atoms with Gasteiger partial charge in [0.25, 0.3) is 0 Å². The summed E-state index contributed by atoms with van der Waals surface area (Å²) in [5.74, 6) is -1.04. The minimum Gasteiger partial charge on any atom is -0.489 e. The smallest absolute Gasteiger partial charge is 0.227 e. The summed E-state index contributed by atoms with van der Waals surface area (Å²) in [5, 5.41) is 23.6. The van der Waals surface area contributed by atoms with Gasteiger partial charge in [0, 0.05) is 13.5 Å². The van der Waals surface area contributed by atoms with Crippen molar-refractivity contribution in [1.82, 2.24) is 5.32 Å². The van der Waals surface area contributed by atoms with Gasteiger partial charge in [0.15, 0.2) is 0 Å². The second-order valence-electron chi connectivity index (χ2n) is 6.91. The molecule has 1 aromatic carbocycles. The zero-order valence-corrected chi connectivity index (χ0v) is 14.5. The molecule has 1 aliphatic rings. The summed E-state index contributed by atoms with van der Waals surface area (Å²) in [5.41, 5.74) is 7.38. The molecule has 3 atom stereocenters. The maximum Gasteiger partial charge on any atom is 0.227 e. The Balaban J connectivity index is 2.40. The molecule has 0 aliphatic carbocycles. The zero-order chi connectivity index (χ0) is 17.4. The number of nitrogens with two attached hydrogens (primary N) is 1. The largest absolute Gasteiger partial charge is 0.489 e. The fourth-order valence-corrected chi connectivity index (χ4v) is 3.29. The normalized spacial score (nSPS) is 31.4. The summed E-state index contributed by atoms with van der Waals surface area (Å²) in [7, 11) is 1.41. The third kappa shape index (κ3) is 4.14. The molecule has 1 fully saturated rings. The van der Waals surface area contributed by atoms with Crippen molar-refractivity contribution < 1.29 is 19.7 Å². The monoisotopic (exact) mass is 324 g/mol. The van der Waals surface area contributed by atoms with Crippen molar-refractivity contribution in [2.24, 2.45) is 0 Å². The number of ether oxygens (including phenoxy) is 2. The van der Waals surface area contributed by atoms with Crippen LogP contribution in [0.5, 0.6) is 5.75 Å². The van der Waals surface area contributed by atoms with Gasteiger partial charge in [0.1, 0.15) is 11.5 Å². The number of aryl methyl sites for hydroxylation is 1. The first-order valence-electron chi connectivity index (χ1n) is 7.91.